The van der Waals surface area contributed by atoms with E-state index in [0.29, 0.717) is 18.0 Å². The van der Waals surface area contributed by atoms with Crippen LogP contribution in [0.15, 0.2) is 23.1 Å². The molecule has 0 aliphatic heterocycles. The van der Waals surface area contributed by atoms with Crippen molar-refractivity contribution in [2.75, 3.05) is 13.1 Å². The van der Waals surface area contributed by atoms with Gasteiger partial charge < -0.3 is 5.73 Å². The van der Waals surface area contributed by atoms with E-state index in [4.69, 9.17) is 5.73 Å². The molecule has 1 rings (SSSR count). The van der Waals surface area contributed by atoms with Gasteiger partial charge in [-0.05, 0) is 55.5 Å². The van der Waals surface area contributed by atoms with Crippen molar-refractivity contribution in [2.24, 2.45) is 11.1 Å². The lowest BCUT2D eigenvalue weighted by atomic mass is 9.90. The minimum Gasteiger partial charge on any atom is -0.330 e. The first-order valence-corrected chi connectivity index (χ1v) is 7.93. The van der Waals surface area contributed by atoms with E-state index in [9.17, 15) is 8.42 Å². The van der Waals surface area contributed by atoms with Gasteiger partial charge in [0.2, 0.25) is 10.0 Å². The summed E-state index contributed by atoms with van der Waals surface area (Å²) < 4.78 is 27.1. The van der Waals surface area contributed by atoms with Gasteiger partial charge in [-0.2, -0.15) is 0 Å². The van der Waals surface area contributed by atoms with Crippen LogP contribution in [0.3, 0.4) is 0 Å². The molecule has 4 nitrogen and oxygen atoms in total. The third-order valence-electron chi connectivity index (χ3n) is 3.35. The Labute approximate surface area is 116 Å². The lowest BCUT2D eigenvalue weighted by molar-refractivity contribution is 0.340. The summed E-state index contributed by atoms with van der Waals surface area (Å²) in [5, 5.41) is 0. The first-order chi connectivity index (χ1) is 8.68. The summed E-state index contributed by atoms with van der Waals surface area (Å²) in [5.41, 5.74) is 7.45. The van der Waals surface area contributed by atoms with Crippen molar-refractivity contribution in [1.29, 1.82) is 0 Å². The van der Waals surface area contributed by atoms with Gasteiger partial charge in [-0.15, -0.1) is 0 Å². The number of nitrogens with one attached hydrogen (secondary N) is 1. The van der Waals surface area contributed by atoms with E-state index >= 15 is 0 Å². The van der Waals surface area contributed by atoms with Crippen LogP contribution >= 0.6 is 0 Å². The minimum absolute atomic E-state index is 0.137. The molecule has 0 fully saturated rings. The number of sulfonamides is 1. The van der Waals surface area contributed by atoms with Gasteiger partial charge in [0.25, 0.3) is 0 Å². The van der Waals surface area contributed by atoms with Crippen molar-refractivity contribution < 1.29 is 8.42 Å². The second-order valence-corrected chi connectivity index (χ2v) is 7.54. The van der Waals surface area contributed by atoms with E-state index in [0.717, 1.165) is 17.5 Å². The molecule has 0 aromatic heterocycles. The van der Waals surface area contributed by atoms with Gasteiger partial charge in [0, 0.05) is 6.54 Å². The van der Waals surface area contributed by atoms with Crippen LogP contribution in [-0.2, 0) is 10.0 Å². The highest BCUT2D eigenvalue weighted by molar-refractivity contribution is 7.89. The van der Waals surface area contributed by atoms with Crippen molar-refractivity contribution >= 4 is 10.0 Å². The second-order valence-electron chi connectivity index (χ2n) is 5.77. The zero-order valence-electron chi connectivity index (χ0n) is 12.2. The fraction of sp³-hybridized carbons (Fsp3) is 0.571. The Morgan fingerprint density at radius 3 is 2.37 bits per heavy atom. The first kappa shape index (κ1) is 16.1. The molecular formula is C14H24N2O2S. The van der Waals surface area contributed by atoms with Crippen molar-refractivity contribution in [1.82, 2.24) is 4.72 Å². The molecule has 0 aliphatic rings. The van der Waals surface area contributed by atoms with Gasteiger partial charge in [-0.1, -0.05) is 19.9 Å². The zero-order chi connectivity index (χ0) is 14.7. The average molecular weight is 284 g/mol. The molecule has 0 bridgehead atoms. The van der Waals surface area contributed by atoms with Crippen LogP contribution in [-0.4, -0.2) is 21.5 Å². The van der Waals surface area contributed by atoms with Gasteiger partial charge in [0.15, 0.2) is 0 Å². The maximum absolute atomic E-state index is 12.2. The summed E-state index contributed by atoms with van der Waals surface area (Å²) in [7, 11) is -3.44. The minimum atomic E-state index is -3.44. The van der Waals surface area contributed by atoms with Gasteiger partial charge >= 0.3 is 0 Å². The van der Waals surface area contributed by atoms with Crippen LogP contribution < -0.4 is 10.5 Å². The summed E-state index contributed by atoms with van der Waals surface area (Å²) in [6.45, 7) is 8.82. The predicted octanol–water partition coefficient (Wildman–Crippen LogP) is 1.96. The number of hydrogen-bond donors (Lipinski definition) is 2. The van der Waals surface area contributed by atoms with Gasteiger partial charge in [-0.3, -0.25) is 0 Å². The smallest absolute Gasteiger partial charge is 0.240 e. The molecule has 0 aliphatic carbocycles. The maximum Gasteiger partial charge on any atom is 0.240 e. The molecular weight excluding hydrogens is 260 g/mol. The SMILES string of the molecule is Cc1ccc(S(=O)(=O)NCC(C)(C)CCN)cc1C. The predicted molar refractivity (Wildman–Crippen MR) is 78.6 cm³/mol. The second kappa shape index (κ2) is 6.03. The van der Waals surface area contributed by atoms with Crippen LogP contribution in [0.25, 0.3) is 0 Å². The molecule has 0 spiro atoms. The van der Waals surface area contributed by atoms with Crippen molar-refractivity contribution in [3.63, 3.8) is 0 Å². The molecule has 0 radical (unpaired) electrons. The van der Waals surface area contributed by atoms with Crippen LogP contribution in [0.4, 0.5) is 0 Å². The van der Waals surface area contributed by atoms with Gasteiger partial charge in [0.05, 0.1) is 4.90 Å². The van der Waals surface area contributed by atoms with E-state index in [-0.39, 0.29) is 5.41 Å². The highest BCUT2D eigenvalue weighted by Crippen LogP contribution is 2.20. The van der Waals surface area contributed by atoms with Crippen LogP contribution in [0.5, 0.6) is 0 Å². The number of nitrogens with two attached hydrogens (primary N) is 1. The molecule has 1 aromatic rings. The molecule has 0 unspecified atom stereocenters. The molecule has 108 valence electrons. The van der Waals surface area contributed by atoms with Crippen LogP contribution in [0.1, 0.15) is 31.4 Å². The third-order valence-corrected chi connectivity index (χ3v) is 4.75. The Morgan fingerprint density at radius 1 is 1.21 bits per heavy atom. The van der Waals surface area contributed by atoms with E-state index in [1.165, 1.54) is 0 Å². The number of rotatable bonds is 6. The van der Waals surface area contributed by atoms with E-state index in [1.54, 1.807) is 12.1 Å². The van der Waals surface area contributed by atoms with E-state index in [1.807, 2.05) is 33.8 Å². The Bertz CT molecular complexity index is 536. The maximum atomic E-state index is 12.2. The van der Waals surface area contributed by atoms with Crippen molar-refractivity contribution in [3.8, 4) is 0 Å². The Hall–Kier alpha value is -0.910. The Morgan fingerprint density at radius 2 is 1.84 bits per heavy atom. The fourth-order valence-corrected chi connectivity index (χ4v) is 3.06. The summed E-state index contributed by atoms with van der Waals surface area (Å²) in [6.07, 6.45) is 0.780. The van der Waals surface area contributed by atoms with Crippen molar-refractivity contribution in [2.45, 2.75) is 39.0 Å². The molecule has 5 heteroatoms. The quantitative estimate of drug-likeness (QED) is 0.838. The summed E-state index contributed by atoms with van der Waals surface area (Å²) >= 11 is 0. The number of hydrogen-bond acceptors (Lipinski definition) is 3. The van der Waals surface area contributed by atoms with E-state index in [2.05, 4.69) is 4.72 Å². The molecule has 3 N–H and O–H groups in total. The molecule has 0 heterocycles. The summed E-state index contributed by atoms with van der Waals surface area (Å²) in [5.74, 6) is 0. The largest absolute Gasteiger partial charge is 0.330 e. The van der Waals surface area contributed by atoms with Crippen LogP contribution in [0, 0.1) is 19.3 Å². The summed E-state index contributed by atoms with van der Waals surface area (Å²) in [6, 6.07) is 5.17. The van der Waals surface area contributed by atoms with Gasteiger partial charge in [-0.25, -0.2) is 13.1 Å². The molecule has 0 atom stereocenters. The topological polar surface area (TPSA) is 72.2 Å². The van der Waals surface area contributed by atoms with Crippen LogP contribution in [0.2, 0.25) is 0 Å². The Balaban J connectivity index is 2.84. The molecule has 1 aromatic carbocycles. The van der Waals surface area contributed by atoms with E-state index < -0.39 is 10.0 Å². The Kier molecular flexibility index (Phi) is 5.12. The highest BCUT2D eigenvalue weighted by Gasteiger charge is 2.21. The lowest BCUT2D eigenvalue weighted by Crippen LogP contribution is -2.35. The average Bonchev–Trinajstić information content (AvgIpc) is 2.30. The standard InChI is InChI=1S/C14H24N2O2S/c1-11-5-6-13(9-12(11)2)19(17,18)16-10-14(3,4)7-8-15/h5-6,9,16H,7-8,10,15H2,1-4H3. The zero-order valence-corrected chi connectivity index (χ0v) is 13.0. The first-order valence-electron chi connectivity index (χ1n) is 6.45. The molecule has 0 saturated carbocycles. The van der Waals surface area contributed by atoms with Gasteiger partial charge in [0.1, 0.15) is 0 Å². The lowest BCUT2D eigenvalue weighted by Gasteiger charge is -2.24. The fourth-order valence-electron chi connectivity index (χ4n) is 1.73. The summed E-state index contributed by atoms with van der Waals surface area (Å²) in [4.78, 5) is 0.319. The molecule has 0 saturated heterocycles. The molecule has 0 amide bonds. The van der Waals surface area contributed by atoms with Crippen molar-refractivity contribution in [3.05, 3.63) is 29.3 Å². The third kappa shape index (κ3) is 4.60. The molecule has 19 heavy (non-hydrogen) atoms. The number of benzene rings is 1. The monoisotopic (exact) mass is 284 g/mol. The highest BCUT2D eigenvalue weighted by atomic mass is 32.2. The normalized spacial score (nSPS) is 12.7. The number of aryl methyl sites for hydroxylation is 2.